The number of hydrogen-bond acceptors (Lipinski definition) is 4. The third-order valence-electron chi connectivity index (χ3n) is 3.59. The van der Waals surface area contributed by atoms with Gasteiger partial charge < -0.3 is 10.1 Å². The Balaban J connectivity index is 2.25. The first kappa shape index (κ1) is 16.9. The van der Waals surface area contributed by atoms with Crippen molar-refractivity contribution in [3.8, 4) is 0 Å². The van der Waals surface area contributed by atoms with Crippen molar-refractivity contribution in [3.05, 3.63) is 0 Å². The summed E-state index contributed by atoms with van der Waals surface area (Å²) < 4.78 is 31.1. The van der Waals surface area contributed by atoms with Gasteiger partial charge in [-0.15, -0.1) is 0 Å². The van der Waals surface area contributed by atoms with Crippen molar-refractivity contribution in [1.82, 2.24) is 9.62 Å². The Morgan fingerprint density at radius 1 is 1.26 bits per heavy atom. The summed E-state index contributed by atoms with van der Waals surface area (Å²) in [6.45, 7) is 6.06. The molecule has 0 unspecified atom stereocenters. The minimum Gasteiger partial charge on any atom is -0.381 e. The first-order valence-electron chi connectivity index (χ1n) is 7.28. The highest BCUT2D eigenvalue weighted by Gasteiger charge is 2.22. The fourth-order valence-corrected chi connectivity index (χ4v) is 3.59. The maximum absolute atomic E-state index is 12.1. The molecule has 1 aliphatic rings. The van der Waals surface area contributed by atoms with Gasteiger partial charge in [0.2, 0.25) is 10.0 Å². The largest absolute Gasteiger partial charge is 0.381 e. The highest BCUT2D eigenvalue weighted by atomic mass is 32.2. The molecule has 1 rings (SSSR count). The van der Waals surface area contributed by atoms with Crippen molar-refractivity contribution in [1.29, 1.82) is 0 Å². The van der Waals surface area contributed by atoms with Gasteiger partial charge in [-0.2, -0.15) is 0 Å². The lowest BCUT2D eigenvalue weighted by atomic mass is 10.0. The van der Waals surface area contributed by atoms with Crippen molar-refractivity contribution in [3.63, 3.8) is 0 Å². The van der Waals surface area contributed by atoms with Gasteiger partial charge in [0.05, 0.1) is 5.75 Å². The molecule has 0 radical (unpaired) electrons. The van der Waals surface area contributed by atoms with Gasteiger partial charge in [-0.05, 0) is 44.7 Å². The van der Waals surface area contributed by atoms with Crippen LogP contribution in [0.4, 0.5) is 0 Å². The van der Waals surface area contributed by atoms with E-state index in [2.05, 4.69) is 12.2 Å². The zero-order valence-corrected chi connectivity index (χ0v) is 13.0. The molecular formula is C13H28N2O3S. The van der Waals surface area contributed by atoms with Crippen LogP contribution in [0.15, 0.2) is 0 Å². The van der Waals surface area contributed by atoms with Crippen LogP contribution in [0.3, 0.4) is 0 Å². The molecule has 0 atom stereocenters. The Hall–Kier alpha value is -0.170. The topological polar surface area (TPSA) is 58.6 Å². The number of unbranched alkanes of at least 4 members (excludes halogenated alkanes) is 1. The number of hydrogen-bond donors (Lipinski definition) is 1. The number of nitrogens with zero attached hydrogens (tertiary/aromatic N) is 1. The number of sulfonamides is 1. The predicted octanol–water partition coefficient (Wildman–Crippen LogP) is 1.06. The molecule has 1 heterocycles. The quantitative estimate of drug-likeness (QED) is 0.646. The highest BCUT2D eigenvalue weighted by Crippen LogP contribution is 2.17. The van der Waals surface area contributed by atoms with E-state index in [1.807, 2.05) is 0 Å². The molecule has 1 aliphatic heterocycles. The van der Waals surface area contributed by atoms with Crippen molar-refractivity contribution in [2.75, 3.05) is 45.6 Å². The van der Waals surface area contributed by atoms with E-state index in [4.69, 9.17) is 4.74 Å². The van der Waals surface area contributed by atoms with E-state index in [0.29, 0.717) is 12.5 Å². The molecule has 0 amide bonds. The smallest absolute Gasteiger partial charge is 0.213 e. The normalized spacial score (nSPS) is 18.1. The molecule has 0 aromatic rings. The van der Waals surface area contributed by atoms with E-state index < -0.39 is 10.0 Å². The molecule has 0 aromatic heterocycles. The second-order valence-electron chi connectivity index (χ2n) is 5.21. The average molecular weight is 292 g/mol. The molecule has 1 saturated heterocycles. The number of nitrogens with one attached hydrogen (secondary N) is 1. The summed E-state index contributed by atoms with van der Waals surface area (Å²) in [6, 6.07) is 0. The van der Waals surface area contributed by atoms with Crippen LogP contribution in [-0.4, -0.2) is 58.4 Å². The predicted molar refractivity (Wildman–Crippen MR) is 77.7 cm³/mol. The molecule has 0 saturated carbocycles. The van der Waals surface area contributed by atoms with E-state index in [-0.39, 0.29) is 5.75 Å². The zero-order valence-electron chi connectivity index (χ0n) is 12.2. The minimum absolute atomic E-state index is 0.262. The summed E-state index contributed by atoms with van der Waals surface area (Å²) in [6.07, 6.45) is 3.59. The van der Waals surface area contributed by atoms with Crippen molar-refractivity contribution in [2.45, 2.75) is 32.6 Å². The van der Waals surface area contributed by atoms with E-state index >= 15 is 0 Å². The first-order valence-corrected chi connectivity index (χ1v) is 8.89. The Kier molecular flexibility index (Phi) is 7.90. The monoisotopic (exact) mass is 292 g/mol. The molecule has 0 aromatic carbocycles. The Bertz CT molecular complexity index is 327. The zero-order chi connectivity index (χ0) is 14.1. The lowest BCUT2D eigenvalue weighted by molar-refractivity contribution is 0.0620. The fraction of sp³-hybridized carbons (Fsp3) is 1.00. The van der Waals surface area contributed by atoms with Gasteiger partial charge in [-0.1, -0.05) is 6.92 Å². The maximum Gasteiger partial charge on any atom is 0.213 e. The van der Waals surface area contributed by atoms with E-state index in [9.17, 15) is 8.42 Å². The van der Waals surface area contributed by atoms with Crippen LogP contribution in [0.2, 0.25) is 0 Å². The van der Waals surface area contributed by atoms with Gasteiger partial charge >= 0.3 is 0 Å². The summed E-state index contributed by atoms with van der Waals surface area (Å²) >= 11 is 0. The van der Waals surface area contributed by atoms with Crippen LogP contribution in [0.25, 0.3) is 0 Å². The Morgan fingerprint density at radius 3 is 2.58 bits per heavy atom. The second-order valence-corrected chi connectivity index (χ2v) is 7.41. The molecular weight excluding hydrogens is 264 g/mol. The molecule has 1 fully saturated rings. The Labute approximate surface area is 117 Å². The summed E-state index contributed by atoms with van der Waals surface area (Å²) in [7, 11) is -1.38. The van der Waals surface area contributed by atoms with Crippen LogP contribution < -0.4 is 5.32 Å². The molecule has 114 valence electrons. The van der Waals surface area contributed by atoms with E-state index in [1.54, 1.807) is 7.05 Å². The molecule has 0 spiro atoms. The second kappa shape index (κ2) is 8.89. The number of ether oxygens (including phenoxy) is 1. The van der Waals surface area contributed by atoms with Crippen LogP contribution >= 0.6 is 0 Å². The lowest BCUT2D eigenvalue weighted by Crippen LogP contribution is -2.35. The van der Waals surface area contributed by atoms with Crippen molar-refractivity contribution < 1.29 is 13.2 Å². The average Bonchev–Trinajstić information content (AvgIpc) is 2.39. The fourth-order valence-electron chi connectivity index (χ4n) is 2.27. The molecule has 1 N–H and O–H groups in total. The summed E-state index contributed by atoms with van der Waals surface area (Å²) in [5, 5.41) is 3.21. The highest BCUT2D eigenvalue weighted by molar-refractivity contribution is 7.89. The van der Waals surface area contributed by atoms with E-state index in [0.717, 1.165) is 52.0 Å². The van der Waals surface area contributed by atoms with Crippen LogP contribution in [-0.2, 0) is 14.8 Å². The maximum atomic E-state index is 12.1. The lowest BCUT2D eigenvalue weighted by Gasteiger charge is -2.26. The van der Waals surface area contributed by atoms with Crippen LogP contribution in [0, 0.1) is 5.92 Å². The Morgan fingerprint density at radius 2 is 1.95 bits per heavy atom. The van der Waals surface area contributed by atoms with E-state index in [1.165, 1.54) is 4.31 Å². The third kappa shape index (κ3) is 6.70. The standard InChI is InChI=1S/C13H28N2O3S/c1-3-14-8-4-5-11-19(16,17)15(2)12-13-6-9-18-10-7-13/h13-14H,3-12H2,1-2H3. The van der Waals surface area contributed by atoms with Gasteiger partial charge in [-0.3, -0.25) is 0 Å². The van der Waals surface area contributed by atoms with Crippen molar-refractivity contribution >= 4 is 10.0 Å². The van der Waals surface area contributed by atoms with Gasteiger partial charge in [0.25, 0.3) is 0 Å². The summed E-state index contributed by atoms with van der Waals surface area (Å²) in [5.41, 5.74) is 0. The summed E-state index contributed by atoms with van der Waals surface area (Å²) in [4.78, 5) is 0. The first-order chi connectivity index (χ1) is 9.06. The van der Waals surface area contributed by atoms with Crippen LogP contribution in [0.1, 0.15) is 32.6 Å². The SMILES string of the molecule is CCNCCCCS(=O)(=O)N(C)CC1CCOCC1. The van der Waals surface area contributed by atoms with Crippen molar-refractivity contribution in [2.24, 2.45) is 5.92 Å². The minimum atomic E-state index is -3.08. The van der Waals surface area contributed by atoms with Gasteiger partial charge in [-0.25, -0.2) is 12.7 Å². The number of rotatable bonds is 9. The molecule has 0 bridgehead atoms. The molecule has 19 heavy (non-hydrogen) atoms. The van der Waals surface area contributed by atoms with Gasteiger partial charge in [0, 0.05) is 26.8 Å². The molecule has 6 heteroatoms. The van der Waals surface area contributed by atoms with Gasteiger partial charge in [0.15, 0.2) is 0 Å². The molecule has 0 aliphatic carbocycles. The van der Waals surface area contributed by atoms with Crippen LogP contribution in [0.5, 0.6) is 0 Å². The van der Waals surface area contributed by atoms with Gasteiger partial charge in [0.1, 0.15) is 0 Å². The third-order valence-corrected chi connectivity index (χ3v) is 5.49. The molecule has 5 nitrogen and oxygen atoms in total. The summed E-state index contributed by atoms with van der Waals surface area (Å²) in [5.74, 6) is 0.716.